The first kappa shape index (κ1) is 17.4. The fourth-order valence-electron chi connectivity index (χ4n) is 2.57. The van der Waals surface area contributed by atoms with Gasteiger partial charge in [0.15, 0.2) is 0 Å². The summed E-state index contributed by atoms with van der Waals surface area (Å²) in [4.78, 5) is 32.6. The molecule has 1 saturated heterocycles. The summed E-state index contributed by atoms with van der Waals surface area (Å²) in [5.74, 6) is 0.444. The van der Waals surface area contributed by atoms with Crippen molar-refractivity contribution in [3.8, 4) is 0 Å². The van der Waals surface area contributed by atoms with Crippen molar-refractivity contribution in [2.45, 2.75) is 19.8 Å². The summed E-state index contributed by atoms with van der Waals surface area (Å²) >= 11 is 0. The molecule has 1 aliphatic rings. The van der Waals surface area contributed by atoms with E-state index < -0.39 is 0 Å². The second-order valence-electron chi connectivity index (χ2n) is 6.50. The van der Waals surface area contributed by atoms with Crippen molar-refractivity contribution in [3.63, 3.8) is 0 Å². The SMILES string of the molecule is CC1CCN(C(=O)c2cncc(C(=O)NCCN(C)C)c2)CC1. The van der Waals surface area contributed by atoms with Gasteiger partial charge in [0.2, 0.25) is 0 Å². The van der Waals surface area contributed by atoms with Gasteiger partial charge < -0.3 is 15.1 Å². The van der Waals surface area contributed by atoms with Gasteiger partial charge >= 0.3 is 0 Å². The number of hydrogen-bond acceptors (Lipinski definition) is 4. The molecule has 0 unspecified atom stereocenters. The van der Waals surface area contributed by atoms with Crippen LogP contribution in [0.15, 0.2) is 18.5 Å². The van der Waals surface area contributed by atoms with Crippen LogP contribution in [0.1, 0.15) is 40.5 Å². The molecule has 0 radical (unpaired) electrons. The number of hydrogen-bond donors (Lipinski definition) is 1. The Morgan fingerprint density at radius 2 is 1.91 bits per heavy atom. The Balaban J connectivity index is 1.98. The Morgan fingerprint density at radius 1 is 1.26 bits per heavy atom. The molecule has 126 valence electrons. The van der Waals surface area contributed by atoms with E-state index in [9.17, 15) is 9.59 Å². The van der Waals surface area contributed by atoms with Gasteiger partial charge in [-0.15, -0.1) is 0 Å². The van der Waals surface area contributed by atoms with Crippen molar-refractivity contribution >= 4 is 11.8 Å². The van der Waals surface area contributed by atoms with E-state index in [0.717, 1.165) is 32.5 Å². The predicted molar refractivity (Wildman–Crippen MR) is 89.4 cm³/mol. The van der Waals surface area contributed by atoms with E-state index in [4.69, 9.17) is 0 Å². The maximum Gasteiger partial charge on any atom is 0.255 e. The van der Waals surface area contributed by atoms with Crippen molar-refractivity contribution in [1.29, 1.82) is 0 Å². The number of nitrogens with zero attached hydrogens (tertiary/aromatic N) is 3. The van der Waals surface area contributed by atoms with Gasteiger partial charge in [-0.25, -0.2) is 0 Å². The second kappa shape index (κ2) is 8.06. The first-order valence-electron chi connectivity index (χ1n) is 8.14. The van der Waals surface area contributed by atoms with E-state index >= 15 is 0 Å². The Hall–Kier alpha value is -1.95. The molecule has 1 aliphatic heterocycles. The smallest absolute Gasteiger partial charge is 0.255 e. The minimum atomic E-state index is -0.193. The van der Waals surface area contributed by atoms with Gasteiger partial charge in [-0.1, -0.05) is 6.92 Å². The lowest BCUT2D eigenvalue weighted by molar-refractivity contribution is 0.0697. The van der Waals surface area contributed by atoms with Crippen LogP contribution in [0.4, 0.5) is 0 Å². The number of carbonyl (C=O) groups is 2. The van der Waals surface area contributed by atoms with Crippen LogP contribution in [-0.2, 0) is 0 Å². The maximum absolute atomic E-state index is 12.5. The molecule has 6 nitrogen and oxygen atoms in total. The third-order valence-electron chi connectivity index (χ3n) is 4.16. The monoisotopic (exact) mass is 318 g/mol. The van der Waals surface area contributed by atoms with Crippen LogP contribution < -0.4 is 5.32 Å². The summed E-state index contributed by atoms with van der Waals surface area (Å²) in [6, 6.07) is 1.64. The standard InChI is InChI=1S/C17H26N4O2/c1-13-4-7-21(8-5-13)17(23)15-10-14(11-18-12-15)16(22)19-6-9-20(2)3/h10-13H,4-9H2,1-3H3,(H,19,22). The number of pyridine rings is 1. The summed E-state index contributed by atoms with van der Waals surface area (Å²) in [5.41, 5.74) is 0.916. The van der Waals surface area contributed by atoms with E-state index in [2.05, 4.69) is 17.2 Å². The van der Waals surface area contributed by atoms with Crippen LogP contribution in [-0.4, -0.2) is 66.9 Å². The van der Waals surface area contributed by atoms with Gasteiger partial charge in [-0.3, -0.25) is 14.6 Å². The number of likely N-dealkylation sites (N-methyl/N-ethyl adjacent to an activating group) is 1. The van der Waals surface area contributed by atoms with Gasteiger partial charge in [0.1, 0.15) is 0 Å². The van der Waals surface area contributed by atoms with Crippen molar-refractivity contribution in [3.05, 3.63) is 29.6 Å². The molecule has 0 bridgehead atoms. The number of amides is 2. The van der Waals surface area contributed by atoms with Crippen molar-refractivity contribution in [2.24, 2.45) is 5.92 Å². The molecular weight excluding hydrogens is 292 g/mol. The van der Waals surface area contributed by atoms with Gasteiger partial charge in [0.05, 0.1) is 11.1 Å². The van der Waals surface area contributed by atoms with Crippen LogP contribution in [0, 0.1) is 5.92 Å². The molecule has 2 rings (SSSR count). The molecule has 6 heteroatoms. The Kier molecular flexibility index (Phi) is 6.10. The Labute approximate surface area is 137 Å². The first-order valence-corrected chi connectivity index (χ1v) is 8.14. The molecule has 0 spiro atoms. The summed E-state index contributed by atoms with van der Waals surface area (Å²) in [6.45, 7) is 5.10. The number of rotatable bonds is 5. The summed E-state index contributed by atoms with van der Waals surface area (Å²) in [6.07, 6.45) is 5.10. The molecule has 1 fully saturated rings. The third kappa shape index (κ3) is 5.03. The highest BCUT2D eigenvalue weighted by Gasteiger charge is 2.22. The third-order valence-corrected chi connectivity index (χ3v) is 4.16. The summed E-state index contributed by atoms with van der Waals surface area (Å²) in [7, 11) is 3.90. The molecular formula is C17H26N4O2. The zero-order valence-corrected chi connectivity index (χ0v) is 14.2. The van der Waals surface area contributed by atoms with Crippen molar-refractivity contribution in [1.82, 2.24) is 20.1 Å². The number of piperidine rings is 1. The molecule has 2 heterocycles. The van der Waals surface area contributed by atoms with Gasteiger partial charge in [-0.05, 0) is 38.9 Å². The fourth-order valence-corrected chi connectivity index (χ4v) is 2.57. The minimum Gasteiger partial charge on any atom is -0.351 e. The second-order valence-corrected chi connectivity index (χ2v) is 6.50. The molecule has 0 aliphatic carbocycles. The zero-order chi connectivity index (χ0) is 16.8. The molecule has 0 aromatic carbocycles. The quantitative estimate of drug-likeness (QED) is 0.887. The number of nitrogens with one attached hydrogen (secondary N) is 1. The Bertz CT molecular complexity index is 551. The topological polar surface area (TPSA) is 65.5 Å². The normalized spacial score (nSPS) is 15.7. The fraction of sp³-hybridized carbons (Fsp3) is 0.588. The highest BCUT2D eigenvalue weighted by Crippen LogP contribution is 2.18. The van der Waals surface area contributed by atoms with Crippen molar-refractivity contribution in [2.75, 3.05) is 40.3 Å². The summed E-state index contributed by atoms with van der Waals surface area (Å²) < 4.78 is 0. The zero-order valence-electron chi connectivity index (χ0n) is 14.2. The molecule has 2 amide bonds. The number of aromatic nitrogens is 1. The summed E-state index contributed by atoms with van der Waals surface area (Å²) in [5, 5.41) is 2.84. The molecule has 0 atom stereocenters. The number of likely N-dealkylation sites (tertiary alicyclic amines) is 1. The van der Waals surface area contributed by atoms with Gasteiger partial charge in [0, 0.05) is 38.6 Å². The lowest BCUT2D eigenvalue weighted by Crippen LogP contribution is -2.38. The highest BCUT2D eigenvalue weighted by atomic mass is 16.2. The van der Waals surface area contributed by atoms with Crippen LogP contribution in [0.25, 0.3) is 0 Å². The lowest BCUT2D eigenvalue weighted by Gasteiger charge is -2.30. The van der Waals surface area contributed by atoms with Crippen LogP contribution >= 0.6 is 0 Å². The molecule has 0 saturated carbocycles. The van der Waals surface area contributed by atoms with Gasteiger partial charge in [-0.2, -0.15) is 0 Å². The average molecular weight is 318 g/mol. The van der Waals surface area contributed by atoms with E-state index in [1.165, 1.54) is 12.4 Å². The number of carbonyl (C=O) groups excluding carboxylic acids is 2. The van der Waals surface area contributed by atoms with E-state index in [1.807, 2.05) is 23.9 Å². The largest absolute Gasteiger partial charge is 0.351 e. The van der Waals surface area contributed by atoms with Crippen LogP contribution in [0.3, 0.4) is 0 Å². The first-order chi connectivity index (χ1) is 11.0. The van der Waals surface area contributed by atoms with E-state index in [-0.39, 0.29) is 11.8 Å². The van der Waals surface area contributed by atoms with Crippen LogP contribution in [0.5, 0.6) is 0 Å². The van der Waals surface area contributed by atoms with Gasteiger partial charge in [0.25, 0.3) is 11.8 Å². The van der Waals surface area contributed by atoms with Crippen LogP contribution in [0.2, 0.25) is 0 Å². The van der Waals surface area contributed by atoms with E-state index in [0.29, 0.717) is 23.6 Å². The predicted octanol–water partition coefficient (Wildman–Crippen LogP) is 1.25. The molecule has 1 aromatic rings. The maximum atomic E-state index is 12.5. The lowest BCUT2D eigenvalue weighted by atomic mass is 9.98. The minimum absolute atomic E-state index is 0.0349. The van der Waals surface area contributed by atoms with E-state index in [1.54, 1.807) is 6.07 Å². The molecule has 23 heavy (non-hydrogen) atoms. The molecule has 1 aromatic heterocycles. The Morgan fingerprint density at radius 3 is 2.57 bits per heavy atom. The molecule has 1 N–H and O–H groups in total. The van der Waals surface area contributed by atoms with Crippen molar-refractivity contribution < 1.29 is 9.59 Å². The average Bonchev–Trinajstić information content (AvgIpc) is 2.54. The highest BCUT2D eigenvalue weighted by molar-refractivity contribution is 5.99.